The van der Waals surface area contributed by atoms with Crippen LogP contribution in [0, 0.1) is 0 Å². The fourth-order valence-electron chi connectivity index (χ4n) is 2.16. The number of nitrogens with one attached hydrogen (secondary N) is 1. The number of ether oxygens (including phenoxy) is 1. The molecule has 2 aromatic rings. The van der Waals surface area contributed by atoms with Crippen molar-refractivity contribution >= 4 is 34.8 Å². The van der Waals surface area contributed by atoms with Crippen molar-refractivity contribution < 1.29 is 9.53 Å². The Morgan fingerprint density at radius 2 is 2.05 bits per heavy atom. The molecule has 1 aliphatic heterocycles. The highest BCUT2D eigenvalue weighted by molar-refractivity contribution is 6.32. The molecule has 1 aromatic heterocycles. The fraction of sp³-hybridized carbons (Fsp3) is 0.200. The van der Waals surface area contributed by atoms with Crippen LogP contribution >= 0.6 is 23.2 Å². The van der Waals surface area contributed by atoms with E-state index in [-0.39, 0.29) is 12.5 Å². The molecule has 0 bridgehead atoms. The Bertz CT molecular complexity index is 704. The molecular weight excluding hydrogens is 311 g/mol. The molecule has 21 heavy (non-hydrogen) atoms. The normalized spacial score (nSPS) is 13.5. The highest BCUT2D eigenvalue weighted by Gasteiger charge is 2.15. The predicted octanol–water partition coefficient (Wildman–Crippen LogP) is 3.85. The first kappa shape index (κ1) is 14.2. The Morgan fingerprint density at radius 3 is 2.90 bits per heavy atom. The number of pyridine rings is 1. The van der Waals surface area contributed by atoms with Crippen LogP contribution in [0.2, 0.25) is 10.2 Å². The second-order valence-electron chi connectivity index (χ2n) is 4.72. The molecule has 0 spiro atoms. The first-order valence-corrected chi connectivity index (χ1v) is 7.24. The lowest BCUT2D eigenvalue weighted by Gasteiger charge is -2.17. The smallest absolute Gasteiger partial charge is 0.224 e. The predicted molar refractivity (Wildman–Crippen MR) is 82.0 cm³/mol. The minimum atomic E-state index is 0.0473. The van der Waals surface area contributed by atoms with Crippen LogP contribution < -0.4 is 10.1 Å². The van der Waals surface area contributed by atoms with Crippen LogP contribution in [0.3, 0.4) is 0 Å². The SMILES string of the molecule is O=C1CCc2cc(OCc3nc(Cl)ccc3Cl)ccc2N1. The van der Waals surface area contributed by atoms with Crippen molar-refractivity contribution in [2.45, 2.75) is 19.4 Å². The molecule has 4 nitrogen and oxygen atoms in total. The molecule has 3 rings (SSSR count). The van der Waals surface area contributed by atoms with Gasteiger partial charge in [0.05, 0.1) is 10.7 Å². The van der Waals surface area contributed by atoms with Gasteiger partial charge in [0.1, 0.15) is 17.5 Å². The van der Waals surface area contributed by atoms with E-state index in [1.54, 1.807) is 12.1 Å². The number of fused-ring (bicyclic) bond motifs is 1. The van der Waals surface area contributed by atoms with Gasteiger partial charge in [-0.2, -0.15) is 0 Å². The van der Waals surface area contributed by atoms with Crippen LogP contribution in [-0.2, 0) is 17.8 Å². The highest BCUT2D eigenvalue weighted by atomic mass is 35.5. The van der Waals surface area contributed by atoms with E-state index in [0.29, 0.717) is 34.5 Å². The third-order valence-electron chi connectivity index (χ3n) is 3.23. The van der Waals surface area contributed by atoms with Crippen molar-refractivity contribution in [3.05, 3.63) is 51.8 Å². The second kappa shape index (κ2) is 5.92. The maximum atomic E-state index is 11.3. The number of nitrogens with zero attached hydrogens (tertiary/aromatic N) is 1. The molecule has 108 valence electrons. The molecule has 1 N–H and O–H groups in total. The van der Waals surface area contributed by atoms with Crippen molar-refractivity contribution in [1.82, 2.24) is 4.98 Å². The maximum Gasteiger partial charge on any atom is 0.224 e. The zero-order valence-electron chi connectivity index (χ0n) is 11.0. The second-order valence-corrected chi connectivity index (χ2v) is 5.51. The third kappa shape index (κ3) is 3.28. The Labute approximate surface area is 132 Å². The zero-order chi connectivity index (χ0) is 14.8. The molecule has 1 amide bonds. The lowest BCUT2D eigenvalue weighted by molar-refractivity contribution is -0.116. The Morgan fingerprint density at radius 1 is 1.19 bits per heavy atom. The van der Waals surface area contributed by atoms with Gasteiger partial charge in [0.15, 0.2) is 0 Å². The summed E-state index contributed by atoms with van der Waals surface area (Å²) in [5.41, 5.74) is 2.50. The summed E-state index contributed by atoms with van der Waals surface area (Å²) in [4.78, 5) is 15.4. The number of benzene rings is 1. The largest absolute Gasteiger partial charge is 0.487 e. The molecule has 0 aliphatic carbocycles. The summed E-state index contributed by atoms with van der Waals surface area (Å²) in [7, 11) is 0. The van der Waals surface area contributed by atoms with Crippen molar-refractivity contribution in [2.24, 2.45) is 0 Å². The molecule has 0 atom stereocenters. The summed E-state index contributed by atoms with van der Waals surface area (Å²) in [6, 6.07) is 8.90. The Hall–Kier alpha value is -1.78. The van der Waals surface area contributed by atoms with Gasteiger partial charge in [-0.15, -0.1) is 0 Å². The number of hydrogen-bond acceptors (Lipinski definition) is 3. The average Bonchev–Trinajstić information content (AvgIpc) is 2.48. The number of amides is 1. The van der Waals surface area contributed by atoms with Gasteiger partial charge in [-0.05, 0) is 42.3 Å². The fourth-order valence-corrected chi connectivity index (χ4v) is 2.49. The van der Waals surface area contributed by atoms with Gasteiger partial charge >= 0.3 is 0 Å². The number of anilines is 1. The van der Waals surface area contributed by atoms with Gasteiger partial charge in [0, 0.05) is 12.1 Å². The molecule has 0 saturated carbocycles. The summed E-state index contributed by atoms with van der Waals surface area (Å²) >= 11 is 11.9. The van der Waals surface area contributed by atoms with E-state index in [0.717, 1.165) is 11.3 Å². The van der Waals surface area contributed by atoms with Crippen molar-refractivity contribution in [2.75, 3.05) is 5.32 Å². The van der Waals surface area contributed by atoms with Gasteiger partial charge in [-0.1, -0.05) is 23.2 Å². The molecular formula is C15H12Cl2N2O2. The van der Waals surface area contributed by atoms with E-state index < -0.39 is 0 Å². The van der Waals surface area contributed by atoms with E-state index in [4.69, 9.17) is 27.9 Å². The molecule has 0 radical (unpaired) electrons. The van der Waals surface area contributed by atoms with Crippen LogP contribution in [0.4, 0.5) is 5.69 Å². The number of aryl methyl sites for hydroxylation is 1. The van der Waals surface area contributed by atoms with E-state index in [2.05, 4.69) is 10.3 Å². The molecule has 1 aliphatic rings. The first-order chi connectivity index (χ1) is 10.1. The van der Waals surface area contributed by atoms with Crippen LogP contribution in [-0.4, -0.2) is 10.9 Å². The van der Waals surface area contributed by atoms with Crippen molar-refractivity contribution in [1.29, 1.82) is 0 Å². The highest BCUT2D eigenvalue weighted by Crippen LogP contribution is 2.27. The molecule has 2 heterocycles. The summed E-state index contributed by atoms with van der Waals surface area (Å²) in [5, 5.41) is 3.73. The van der Waals surface area contributed by atoms with Gasteiger partial charge in [0.25, 0.3) is 0 Å². The third-order valence-corrected chi connectivity index (χ3v) is 3.79. The number of carbonyl (C=O) groups is 1. The maximum absolute atomic E-state index is 11.3. The van der Waals surface area contributed by atoms with Gasteiger partial charge in [-0.25, -0.2) is 4.98 Å². The Kier molecular flexibility index (Phi) is 3.99. The molecule has 1 aromatic carbocycles. The summed E-state index contributed by atoms with van der Waals surface area (Å²) < 4.78 is 5.70. The number of halogens is 2. The van der Waals surface area contributed by atoms with E-state index in [1.165, 1.54) is 0 Å². The van der Waals surface area contributed by atoms with Crippen LogP contribution in [0.5, 0.6) is 5.75 Å². The minimum absolute atomic E-state index is 0.0473. The van der Waals surface area contributed by atoms with E-state index in [9.17, 15) is 4.79 Å². The molecule has 0 unspecified atom stereocenters. The standard InChI is InChI=1S/C15H12Cl2N2O2/c16-11-3-5-14(17)18-13(11)8-21-10-2-4-12-9(7-10)1-6-15(20)19-12/h2-5,7H,1,6,8H2,(H,19,20). The van der Waals surface area contributed by atoms with Crippen molar-refractivity contribution in [3.63, 3.8) is 0 Å². The Balaban J connectivity index is 1.74. The number of hydrogen-bond donors (Lipinski definition) is 1. The summed E-state index contributed by atoms with van der Waals surface area (Å²) in [5.74, 6) is 0.758. The minimum Gasteiger partial charge on any atom is -0.487 e. The number of aromatic nitrogens is 1. The quantitative estimate of drug-likeness (QED) is 0.873. The molecule has 6 heteroatoms. The monoisotopic (exact) mass is 322 g/mol. The first-order valence-electron chi connectivity index (χ1n) is 6.48. The summed E-state index contributed by atoms with van der Waals surface area (Å²) in [6.45, 7) is 0.241. The average molecular weight is 323 g/mol. The van der Waals surface area contributed by atoms with Gasteiger partial charge in [-0.3, -0.25) is 4.79 Å². The van der Waals surface area contributed by atoms with E-state index >= 15 is 0 Å². The van der Waals surface area contributed by atoms with Gasteiger partial charge in [0.2, 0.25) is 5.91 Å². The zero-order valence-corrected chi connectivity index (χ0v) is 12.5. The number of carbonyl (C=O) groups excluding carboxylic acids is 1. The van der Waals surface area contributed by atoms with E-state index in [1.807, 2.05) is 18.2 Å². The topological polar surface area (TPSA) is 51.2 Å². The van der Waals surface area contributed by atoms with Crippen LogP contribution in [0.25, 0.3) is 0 Å². The lowest BCUT2D eigenvalue weighted by atomic mass is 10.0. The summed E-state index contributed by atoms with van der Waals surface area (Å²) in [6.07, 6.45) is 1.21. The van der Waals surface area contributed by atoms with Crippen LogP contribution in [0.15, 0.2) is 30.3 Å². The number of rotatable bonds is 3. The lowest BCUT2D eigenvalue weighted by Crippen LogP contribution is -2.18. The molecule has 0 fully saturated rings. The van der Waals surface area contributed by atoms with Gasteiger partial charge < -0.3 is 10.1 Å². The van der Waals surface area contributed by atoms with Crippen molar-refractivity contribution in [3.8, 4) is 5.75 Å². The van der Waals surface area contributed by atoms with Crippen LogP contribution in [0.1, 0.15) is 17.7 Å². The molecule has 0 saturated heterocycles.